The van der Waals surface area contributed by atoms with Crippen molar-refractivity contribution in [3.05, 3.63) is 72.1 Å². The summed E-state index contributed by atoms with van der Waals surface area (Å²) in [6.07, 6.45) is -1.00. The summed E-state index contributed by atoms with van der Waals surface area (Å²) < 4.78 is 58.6. The van der Waals surface area contributed by atoms with Gasteiger partial charge in [-0.15, -0.1) is 0 Å². The number of primary amides is 1. The van der Waals surface area contributed by atoms with E-state index in [0.29, 0.717) is 39.4 Å². The lowest BCUT2D eigenvalue weighted by Crippen LogP contribution is -2.60. The number of hydrogen-bond acceptors (Lipinski definition) is 25. The Balaban J connectivity index is 1.18. The fraction of sp³-hybridized carbons (Fsp3) is 0.600. The van der Waals surface area contributed by atoms with Crippen molar-refractivity contribution < 1.29 is 104 Å². The number of amides is 13. The van der Waals surface area contributed by atoms with Crippen molar-refractivity contribution in [3.8, 4) is 0 Å². The van der Waals surface area contributed by atoms with E-state index in [1.165, 1.54) is 58.5 Å². The van der Waals surface area contributed by atoms with E-state index in [1.807, 2.05) is 0 Å². The average molecular weight is 1830 g/mol. The number of aromatic amines is 2. The monoisotopic (exact) mass is 1830 g/mol. The first-order chi connectivity index (χ1) is 58.9. The number of aromatic nitrogens is 2. The second kappa shape index (κ2) is 47.4. The number of carboxylic acids is 1. The van der Waals surface area contributed by atoms with Gasteiger partial charge in [-0.3, -0.25) is 81.6 Å². The van der Waals surface area contributed by atoms with Crippen molar-refractivity contribution >= 4 is 160 Å². The molecular formula is C80H119N19O22S4. The van der Waals surface area contributed by atoms with E-state index in [9.17, 15) is 104 Å². The third-order valence-electron chi connectivity index (χ3n) is 21.7. The molecule has 4 aromatic rings. The van der Waals surface area contributed by atoms with E-state index < -0.39 is 248 Å². The minimum Gasteiger partial charge on any atom is -0.481 e. The molecule has 18 N–H and O–H groups in total. The lowest BCUT2D eigenvalue weighted by Gasteiger charge is -2.32. The smallest absolute Gasteiger partial charge is 0.305 e. The number of Topliss-reactive ketones (excluding diaryl/α,β-unsaturated/α-hetero) is 2. The lowest BCUT2D eigenvalue weighted by atomic mass is 9.92. The van der Waals surface area contributed by atoms with Gasteiger partial charge in [-0.2, -0.15) is 32.1 Å². The number of rotatable bonds is 19. The van der Waals surface area contributed by atoms with E-state index in [-0.39, 0.29) is 94.6 Å². The number of sulfonamides is 2. The number of carbonyl (C=O) groups is 16. The zero-order valence-electron chi connectivity index (χ0n) is 71.8. The number of carbonyl (C=O) groups excluding carboxylic acids is 15. The number of nitrogens with one attached hydrogen (secondary N) is 12. The number of para-hydroxylation sites is 2. The molecule has 3 saturated heterocycles. The largest absolute Gasteiger partial charge is 0.481 e. The van der Waals surface area contributed by atoms with E-state index in [0.717, 1.165) is 37.0 Å². The van der Waals surface area contributed by atoms with E-state index in [4.69, 9.17) is 11.5 Å². The first kappa shape index (κ1) is 102. The number of aliphatic carboxylic acids is 1. The number of likely N-dealkylation sites (N-methyl/N-ethyl adjacent to an activating group) is 1. The predicted octanol–water partition coefficient (Wildman–Crippen LogP) is -3.43. The molecule has 0 spiro atoms. The Morgan fingerprint density at radius 3 is 1.69 bits per heavy atom. The van der Waals surface area contributed by atoms with Crippen LogP contribution < -0.4 is 64.6 Å². The maximum atomic E-state index is 14.8. The summed E-state index contributed by atoms with van der Waals surface area (Å²) in [5.74, 6) is -20.9. The summed E-state index contributed by atoms with van der Waals surface area (Å²) in [5.41, 5.74) is 13.6. The highest BCUT2D eigenvalue weighted by Crippen LogP contribution is 2.26. The number of aliphatic hydroxyl groups is 1. The molecular weight excluding hydrogens is 1710 g/mol. The number of hydrogen-bond donors (Lipinski definition) is 16. The molecule has 2 aromatic carbocycles. The first-order valence-electron chi connectivity index (χ1n) is 41.3. The highest BCUT2D eigenvalue weighted by Gasteiger charge is 2.43. The Bertz CT molecular complexity index is 4800. The van der Waals surface area contributed by atoms with Gasteiger partial charge < -0.3 is 94.6 Å². The van der Waals surface area contributed by atoms with E-state index >= 15 is 0 Å². The quantitative estimate of drug-likeness (QED) is 0.0434. The summed E-state index contributed by atoms with van der Waals surface area (Å²) >= 11 is 1.88. The maximum Gasteiger partial charge on any atom is 0.305 e. The number of ketones is 2. The number of aliphatic hydroxyl groups excluding tert-OH is 1. The molecule has 3 fully saturated rings. The van der Waals surface area contributed by atoms with Crippen LogP contribution >= 0.6 is 23.5 Å². The number of nitrogens with two attached hydrogens (primary N) is 2. The zero-order chi connectivity index (χ0) is 92.5. The van der Waals surface area contributed by atoms with Crippen LogP contribution in [0.25, 0.3) is 21.8 Å². The SMILES string of the molecule is CC[C@@H]1CC(=O)[C@H]([C@@H](C)O)NC(=O)[C@@H](CC(=O)[C@H](C)NC(=O)CN(C)C(=O)CCN)CSCCS(=O)(=O)N2CCN(CN(C)C2)S(=O)(=O)CCSC[C@@H](C(N)=O)NC(=O)[C@@H]2CCCN2C(=O)[C@H](C(C)C)NC(=O)[C@H](Cc2c[nH]c3ccccc23)NC(=O)CNC(=O)[C@H](CC(=O)O)NC(=O)[C@H](C(C)C)NC(=O)[C@H](Cc2c[nH]c3ccccc23)NC(=O)[C@H](C)NC1=O. The molecule has 0 saturated carbocycles. The molecule has 41 nitrogen and oxygen atoms in total. The standard InChI is InChI=1S/C80H119N19O22S4/c1-11-49-33-63(102)70(48(8)100)94-74(111)52(34-62(101)46(6)86-65(104)39-96(10)66(105)22-23-81)40-122-27-29-124(118,119)97-25-26-98(43-95(9)42-97)125(120,121)30-28-123-41-60(71(82)108)91-78(115)61-21-16-24-99(61)80(117)69(45(4)5)93-76(113)57(31-50-36-83-55-19-14-12-17-53(50)55)88-64(103)38-85-75(112)59(35-67(106)107)90-79(116)68(44(2)3)92-77(114)58(89-72(109)47(7)87-73(49)110)32-51-37-84-56-20-15-13-18-54(51)56/h12-15,17-20,36-37,44-49,52,57-61,68-70,83-84,100H,11,16,21-35,38-43,81H2,1-10H3,(H2,82,108)(H,85,112)(H,86,104)(H,87,110)(H,88,103)(H,89,109)(H,90,116)(H,91,115)(H,92,114)(H,93,113)(H,94,111)(H,106,107)/t46-,47-,48+,49+,52-,57-,58-,59-,60-,61-,68-,69-,70-/m0/s1. The highest BCUT2D eigenvalue weighted by molar-refractivity contribution is 8.00. The minimum absolute atomic E-state index is 0.00561. The predicted molar refractivity (Wildman–Crippen MR) is 464 cm³/mol. The molecule has 5 heterocycles. The molecule has 0 radical (unpaired) electrons. The van der Waals surface area contributed by atoms with Crippen molar-refractivity contribution in [2.45, 2.75) is 180 Å². The Morgan fingerprint density at radius 2 is 1.15 bits per heavy atom. The Hall–Kier alpha value is -10.2. The fourth-order valence-electron chi connectivity index (χ4n) is 14.4. The number of thioether (sulfide) groups is 2. The normalized spacial score (nSPS) is 26.3. The van der Waals surface area contributed by atoms with E-state index in [2.05, 4.69) is 63.1 Å². The van der Waals surface area contributed by atoms with Crippen LogP contribution in [0.15, 0.2) is 60.9 Å². The van der Waals surface area contributed by atoms with Crippen molar-refractivity contribution in [1.29, 1.82) is 0 Å². The minimum atomic E-state index is -4.23. The van der Waals surface area contributed by atoms with Crippen LogP contribution in [0.5, 0.6) is 0 Å². The number of benzene rings is 2. The third kappa shape index (κ3) is 29.7. The van der Waals surface area contributed by atoms with Gasteiger partial charge in [0.2, 0.25) is 96.8 Å². The third-order valence-corrected chi connectivity index (χ3v) is 28.0. The summed E-state index contributed by atoms with van der Waals surface area (Å²) in [7, 11) is -5.55. The molecule has 45 heteroatoms. The van der Waals surface area contributed by atoms with Crippen LogP contribution in [0, 0.1) is 23.7 Å². The number of carboxylic acid groups (broad SMARTS) is 1. The lowest BCUT2D eigenvalue weighted by molar-refractivity contribution is -0.143. The second-order valence-corrected chi connectivity index (χ2v) is 38.7. The number of nitrogens with zero attached hydrogens (tertiary/aromatic N) is 5. The average Bonchev–Trinajstić information content (AvgIpc) is 1.76. The molecule has 690 valence electrons. The molecule has 2 aromatic heterocycles. The van der Waals surface area contributed by atoms with Crippen molar-refractivity contribution in [1.82, 2.24) is 86.4 Å². The molecule has 7 rings (SSSR count). The van der Waals surface area contributed by atoms with Crippen molar-refractivity contribution in [2.24, 2.45) is 35.1 Å². The van der Waals surface area contributed by atoms with Crippen LogP contribution in [0.4, 0.5) is 0 Å². The van der Waals surface area contributed by atoms with Gasteiger partial charge in [0.1, 0.15) is 54.4 Å². The van der Waals surface area contributed by atoms with Gasteiger partial charge in [0.05, 0.1) is 62.4 Å². The summed E-state index contributed by atoms with van der Waals surface area (Å²) in [4.78, 5) is 234. The fourth-order valence-corrected chi connectivity index (χ4v) is 20.4. The molecule has 2 unspecified atom stereocenters. The first-order valence-corrected chi connectivity index (χ1v) is 46.8. The van der Waals surface area contributed by atoms with Crippen LogP contribution in [0.1, 0.15) is 111 Å². The molecule has 3 aliphatic heterocycles. The summed E-state index contributed by atoms with van der Waals surface area (Å²) in [5, 5.41) is 48.0. The van der Waals surface area contributed by atoms with Gasteiger partial charge in [-0.25, -0.2) is 16.8 Å². The van der Waals surface area contributed by atoms with Crippen LogP contribution in [-0.2, 0) is 110 Å². The molecule has 15 atom stereocenters. The number of fused-ring (bicyclic) bond motifs is 6. The van der Waals surface area contributed by atoms with Crippen molar-refractivity contribution in [3.63, 3.8) is 0 Å². The maximum absolute atomic E-state index is 14.8. The summed E-state index contributed by atoms with van der Waals surface area (Å²) in [6, 6.07) is -1.00. The van der Waals surface area contributed by atoms with Gasteiger partial charge >= 0.3 is 5.97 Å². The zero-order valence-corrected chi connectivity index (χ0v) is 75.0. The van der Waals surface area contributed by atoms with Crippen molar-refractivity contribution in [2.75, 3.05) is 101 Å². The second-order valence-electron chi connectivity index (χ2n) is 32.2. The van der Waals surface area contributed by atoms with Crippen LogP contribution in [0.3, 0.4) is 0 Å². The molecule has 2 bridgehead atoms. The Labute approximate surface area is 734 Å². The Kier molecular flexibility index (Phi) is 38.7. The van der Waals surface area contributed by atoms with Gasteiger partial charge in [0.15, 0.2) is 11.6 Å². The van der Waals surface area contributed by atoms with Gasteiger partial charge in [0, 0.05) is 128 Å². The highest BCUT2D eigenvalue weighted by atomic mass is 32.2. The van der Waals surface area contributed by atoms with Gasteiger partial charge in [0.25, 0.3) is 0 Å². The summed E-state index contributed by atoms with van der Waals surface area (Å²) in [6.45, 7) is 9.13. The van der Waals surface area contributed by atoms with Crippen LogP contribution in [-0.4, -0.2) is 322 Å². The van der Waals surface area contributed by atoms with Gasteiger partial charge in [-0.1, -0.05) is 71.0 Å². The topological polar surface area (TPSA) is 602 Å². The van der Waals surface area contributed by atoms with Gasteiger partial charge in [-0.05, 0) is 82.2 Å². The van der Waals surface area contributed by atoms with Crippen LogP contribution in [0.2, 0.25) is 0 Å². The van der Waals surface area contributed by atoms with E-state index in [1.54, 1.807) is 81.7 Å². The molecule has 0 aliphatic carbocycles. The molecule has 3 aliphatic rings. The molecule has 13 amide bonds. The Morgan fingerprint density at radius 1 is 0.624 bits per heavy atom. The number of H-pyrrole nitrogens is 2. The molecule has 125 heavy (non-hydrogen) atoms.